The van der Waals surface area contributed by atoms with Crippen LogP contribution >= 0.6 is 0 Å². The monoisotopic (exact) mass is 181 g/mol. The maximum Gasteiger partial charge on any atom is 0.281 e. The van der Waals surface area contributed by atoms with Crippen LogP contribution in [0.25, 0.3) is 0 Å². The maximum atomic E-state index is 11.4. The third-order valence-corrected chi connectivity index (χ3v) is 3.26. The van der Waals surface area contributed by atoms with E-state index in [-0.39, 0.29) is 12.4 Å². The Hall–Kier alpha value is -1.16. The molecular formula is C9H11NO3. The molecule has 70 valence electrons. The highest BCUT2D eigenvalue weighted by molar-refractivity contribution is 6.19. The predicted molar refractivity (Wildman–Crippen MR) is 43.6 cm³/mol. The van der Waals surface area contributed by atoms with Gasteiger partial charge in [0.15, 0.2) is 0 Å². The second-order valence-electron chi connectivity index (χ2n) is 3.96. The molecule has 3 aliphatic rings. The third-order valence-electron chi connectivity index (χ3n) is 3.26. The van der Waals surface area contributed by atoms with Gasteiger partial charge in [0.2, 0.25) is 0 Å². The molecule has 2 aliphatic carbocycles. The smallest absolute Gasteiger partial charge is 0.278 e. The number of carbonyl (C=O) groups is 2. The quantitative estimate of drug-likeness (QED) is 0.442. The van der Waals surface area contributed by atoms with Crippen LogP contribution in [0.3, 0.4) is 0 Å². The molecule has 13 heavy (non-hydrogen) atoms. The van der Waals surface area contributed by atoms with Crippen molar-refractivity contribution >= 4 is 11.8 Å². The van der Waals surface area contributed by atoms with E-state index in [2.05, 4.69) is 0 Å². The lowest BCUT2D eigenvalue weighted by atomic mass is 9.93. The second kappa shape index (κ2) is 2.01. The highest BCUT2D eigenvalue weighted by Crippen LogP contribution is 2.54. The van der Waals surface area contributed by atoms with Crippen molar-refractivity contribution in [1.29, 1.82) is 0 Å². The number of hydrogen-bond acceptors (Lipinski definition) is 3. The summed E-state index contributed by atoms with van der Waals surface area (Å²) in [4.78, 5) is 22.7. The fourth-order valence-electron chi connectivity index (χ4n) is 2.45. The highest BCUT2D eigenvalue weighted by atomic mass is 16.5. The molecule has 0 radical (unpaired) electrons. The summed E-state index contributed by atoms with van der Waals surface area (Å²) in [5.74, 6) is -0.100. The van der Waals surface area contributed by atoms with Crippen LogP contribution in [-0.2, 0) is 9.59 Å². The lowest BCUT2D eigenvalue weighted by Crippen LogP contribution is -2.27. The van der Waals surface area contributed by atoms with Crippen molar-refractivity contribution in [3.63, 3.8) is 0 Å². The summed E-state index contributed by atoms with van der Waals surface area (Å²) in [6, 6.07) is 0. The molecule has 1 fully saturated rings. The number of carbonyl (C=O) groups excluding carboxylic acids is 2. The summed E-state index contributed by atoms with van der Waals surface area (Å²) in [6.45, 7) is 0. The molecule has 1 aliphatic heterocycles. The molecule has 0 saturated heterocycles. The van der Waals surface area contributed by atoms with Crippen molar-refractivity contribution in [2.75, 3.05) is 0 Å². The van der Waals surface area contributed by atoms with E-state index < -0.39 is 11.8 Å². The number of imide groups is 1. The predicted octanol–water partition coefficient (Wildman–Crippen LogP) is 0.717. The molecule has 3 rings (SSSR count). The van der Waals surface area contributed by atoms with Crippen LogP contribution in [0.2, 0.25) is 0 Å². The van der Waals surface area contributed by atoms with Crippen molar-refractivity contribution < 1.29 is 16.2 Å². The molecule has 1 N–H and O–H groups in total. The number of hydroxylamine groups is 2. The first-order chi connectivity index (χ1) is 6.20. The Morgan fingerprint density at radius 2 is 2.15 bits per heavy atom. The van der Waals surface area contributed by atoms with Crippen LogP contribution in [0.15, 0.2) is 11.1 Å². The first-order valence-electron chi connectivity index (χ1n) is 4.51. The average molecular weight is 181 g/mol. The van der Waals surface area contributed by atoms with E-state index in [1.807, 2.05) is 0 Å². The van der Waals surface area contributed by atoms with Crippen molar-refractivity contribution in [3.8, 4) is 0 Å². The molecule has 0 aromatic rings. The number of rotatable bonds is 0. The Morgan fingerprint density at radius 3 is 2.92 bits per heavy atom. The van der Waals surface area contributed by atoms with Gasteiger partial charge in [0.25, 0.3) is 11.8 Å². The van der Waals surface area contributed by atoms with Crippen LogP contribution in [-0.4, -0.2) is 22.1 Å². The first kappa shape index (κ1) is 7.26. The Labute approximate surface area is 76.3 Å². The zero-order valence-electron chi connectivity index (χ0n) is 6.99. The van der Waals surface area contributed by atoms with Gasteiger partial charge >= 0.3 is 0 Å². The van der Waals surface area contributed by atoms with Crippen LogP contribution in [0, 0.1) is 11.8 Å². The SMILES string of the molecule is O=C1C2=C(C(=O)N1O)C1CC1CC2.[HH]. The van der Waals surface area contributed by atoms with Gasteiger partial charge in [-0.1, -0.05) is 0 Å². The van der Waals surface area contributed by atoms with Crippen molar-refractivity contribution in [3.05, 3.63) is 11.1 Å². The van der Waals surface area contributed by atoms with Gasteiger partial charge in [-0.15, -0.1) is 5.06 Å². The fraction of sp³-hybridized carbons (Fsp3) is 0.556. The molecule has 0 aromatic carbocycles. The minimum atomic E-state index is -0.495. The summed E-state index contributed by atoms with van der Waals surface area (Å²) >= 11 is 0. The minimum Gasteiger partial charge on any atom is -0.278 e. The molecule has 2 atom stereocenters. The Kier molecular flexibility index (Phi) is 1.12. The van der Waals surface area contributed by atoms with Gasteiger partial charge < -0.3 is 0 Å². The van der Waals surface area contributed by atoms with Crippen LogP contribution in [0.5, 0.6) is 0 Å². The van der Waals surface area contributed by atoms with E-state index in [1.54, 1.807) is 0 Å². The van der Waals surface area contributed by atoms with Crippen molar-refractivity contribution in [2.24, 2.45) is 11.8 Å². The summed E-state index contributed by atoms with van der Waals surface area (Å²) in [7, 11) is 0. The molecule has 4 heteroatoms. The number of amides is 2. The van der Waals surface area contributed by atoms with E-state index in [1.165, 1.54) is 0 Å². The van der Waals surface area contributed by atoms with Crippen LogP contribution in [0.1, 0.15) is 20.7 Å². The highest BCUT2D eigenvalue weighted by Gasteiger charge is 2.52. The van der Waals surface area contributed by atoms with E-state index in [9.17, 15) is 9.59 Å². The maximum absolute atomic E-state index is 11.4. The fourth-order valence-corrected chi connectivity index (χ4v) is 2.45. The normalized spacial score (nSPS) is 36.5. The van der Waals surface area contributed by atoms with Gasteiger partial charge in [0.1, 0.15) is 0 Å². The lowest BCUT2D eigenvalue weighted by Gasteiger charge is -2.07. The zero-order chi connectivity index (χ0) is 9.16. The second-order valence-corrected chi connectivity index (χ2v) is 3.96. The summed E-state index contributed by atoms with van der Waals surface area (Å²) in [5, 5.41) is 9.40. The lowest BCUT2D eigenvalue weighted by molar-refractivity contribution is -0.170. The van der Waals surface area contributed by atoms with Crippen molar-refractivity contribution in [2.45, 2.75) is 19.3 Å². The van der Waals surface area contributed by atoms with Crippen LogP contribution in [0.4, 0.5) is 0 Å². The minimum absolute atomic E-state index is 0. The summed E-state index contributed by atoms with van der Waals surface area (Å²) < 4.78 is 0. The van der Waals surface area contributed by atoms with Gasteiger partial charge in [-0.25, -0.2) is 0 Å². The van der Waals surface area contributed by atoms with E-state index in [0.29, 0.717) is 23.5 Å². The van der Waals surface area contributed by atoms with E-state index in [4.69, 9.17) is 5.21 Å². The Balaban J connectivity index is 0.000000750. The summed E-state index contributed by atoms with van der Waals surface area (Å²) in [5.41, 5.74) is 1.16. The number of fused-ring (bicyclic) bond motifs is 2. The van der Waals surface area contributed by atoms with Crippen molar-refractivity contribution in [1.82, 2.24) is 5.06 Å². The van der Waals surface area contributed by atoms with Gasteiger partial charge in [-0.3, -0.25) is 14.8 Å². The van der Waals surface area contributed by atoms with E-state index >= 15 is 0 Å². The molecule has 2 amide bonds. The van der Waals surface area contributed by atoms with Gasteiger partial charge in [-0.05, 0) is 31.1 Å². The standard InChI is InChI=1S/C9H9NO3.H2/c11-8-5-2-1-4-3-6(4)7(5)9(12)10(8)13;/h4,6,13H,1-3H2;1H. The van der Waals surface area contributed by atoms with E-state index in [0.717, 1.165) is 12.8 Å². The number of nitrogens with zero attached hydrogens (tertiary/aromatic N) is 1. The van der Waals surface area contributed by atoms with Gasteiger partial charge in [0.05, 0.1) is 0 Å². The molecular weight excluding hydrogens is 170 g/mol. The first-order valence-corrected chi connectivity index (χ1v) is 4.51. The molecule has 4 nitrogen and oxygen atoms in total. The average Bonchev–Trinajstić information content (AvgIpc) is 2.87. The zero-order valence-corrected chi connectivity index (χ0v) is 6.99. The Bertz CT molecular complexity index is 363. The third kappa shape index (κ3) is 0.740. The molecule has 0 bridgehead atoms. The summed E-state index contributed by atoms with van der Waals surface area (Å²) in [6.07, 6.45) is 2.68. The molecule has 1 saturated carbocycles. The molecule has 2 unspecified atom stereocenters. The molecule has 0 aromatic heterocycles. The topological polar surface area (TPSA) is 57.6 Å². The van der Waals surface area contributed by atoms with Crippen LogP contribution < -0.4 is 0 Å². The molecule has 1 heterocycles. The largest absolute Gasteiger partial charge is 0.281 e. The Morgan fingerprint density at radius 1 is 1.38 bits per heavy atom. The van der Waals surface area contributed by atoms with Gasteiger partial charge in [-0.2, -0.15) is 0 Å². The van der Waals surface area contributed by atoms with Gasteiger partial charge in [0, 0.05) is 12.6 Å². The number of hydrogen-bond donors (Lipinski definition) is 1. The molecule has 0 spiro atoms.